The number of pyridine rings is 2. The molecule has 0 N–H and O–H groups in total. The third-order valence-electron chi connectivity index (χ3n) is 10.9. The lowest BCUT2D eigenvalue weighted by Gasteiger charge is -2.08. The van der Waals surface area contributed by atoms with Gasteiger partial charge in [-0.15, -0.1) is 0 Å². The van der Waals surface area contributed by atoms with Crippen LogP contribution in [0.4, 0.5) is 17.6 Å². The average molecular weight is 869 g/mol. The van der Waals surface area contributed by atoms with E-state index in [4.69, 9.17) is 9.47 Å². The minimum atomic E-state index is -0.853. The molecule has 64 heavy (non-hydrogen) atoms. The summed E-state index contributed by atoms with van der Waals surface area (Å²) >= 11 is 0. The SMILES string of the molecule is COc1nc(/C=C/c2nc3n(n2)CC[C@@H]3c2ccc(F)c(F)c2)ccc1-n1cnc(C)c1.COc1nc(/C=C/c2nc3n(n2)CC[C@H]3c2ccc(F)c(F)c2)ccc1-n1cnc(C)c1. The molecular formula is C46H40F4N12O2. The summed E-state index contributed by atoms with van der Waals surface area (Å²) in [6, 6.07) is 15.5. The maximum atomic E-state index is 13.7. The van der Waals surface area contributed by atoms with Crippen molar-refractivity contribution in [3.8, 4) is 23.1 Å². The van der Waals surface area contributed by atoms with Crippen LogP contribution < -0.4 is 9.47 Å². The van der Waals surface area contributed by atoms with Gasteiger partial charge in [0, 0.05) is 37.3 Å². The number of ether oxygens (including phenoxy) is 2. The molecule has 2 aromatic carbocycles. The van der Waals surface area contributed by atoms with E-state index in [0.29, 0.717) is 59.0 Å². The van der Waals surface area contributed by atoms with Crippen molar-refractivity contribution in [3.63, 3.8) is 0 Å². The summed E-state index contributed by atoms with van der Waals surface area (Å²) in [7, 11) is 3.14. The number of methoxy groups -OCH3 is 2. The van der Waals surface area contributed by atoms with E-state index in [1.807, 2.05) is 81.2 Å². The molecule has 8 aromatic rings. The van der Waals surface area contributed by atoms with Crippen LogP contribution in [0.5, 0.6) is 11.8 Å². The van der Waals surface area contributed by atoms with Crippen LogP contribution in [0.25, 0.3) is 35.7 Å². The highest BCUT2D eigenvalue weighted by Gasteiger charge is 2.29. The third-order valence-corrected chi connectivity index (χ3v) is 10.9. The molecule has 0 spiro atoms. The van der Waals surface area contributed by atoms with E-state index in [1.165, 1.54) is 12.1 Å². The Morgan fingerprint density at radius 2 is 0.984 bits per heavy atom. The van der Waals surface area contributed by atoms with Gasteiger partial charge < -0.3 is 18.6 Å². The van der Waals surface area contributed by atoms with Crippen LogP contribution in [0.3, 0.4) is 0 Å². The van der Waals surface area contributed by atoms with Crippen LogP contribution in [-0.2, 0) is 13.1 Å². The van der Waals surface area contributed by atoms with E-state index < -0.39 is 23.3 Å². The Kier molecular flexibility index (Phi) is 11.4. The number of benzene rings is 2. The van der Waals surface area contributed by atoms with Gasteiger partial charge in [0.05, 0.1) is 49.6 Å². The van der Waals surface area contributed by atoms with Crippen LogP contribution in [0.2, 0.25) is 0 Å². The molecule has 0 radical (unpaired) electrons. The zero-order valence-electron chi connectivity index (χ0n) is 35.1. The number of rotatable bonds is 10. The monoisotopic (exact) mass is 868 g/mol. The predicted octanol–water partition coefficient (Wildman–Crippen LogP) is 8.32. The summed E-state index contributed by atoms with van der Waals surface area (Å²) < 4.78 is 72.1. The fraction of sp³-hybridized carbons (Fsp3) is 0.217. The molecule has 0 unspecified atom stereocenters. The molecule has 0 amide bonds. The highest BCUT2D eigenvalue weighted by atomic mass is 19.2. The van der Waals surface area contributed by atoms with Gasteiger partial charge in [-0.25, -0.2) is 56.8 Å². The number of hydrogen-bond donors (Lipinski definition) is 0. The Hall–Kier alpha value is -7.76. The van der Waals surface area contributed by atoms with Crippen molar-refractivity contribution in [2.75, 3.05) is 14.2 Å². The Morgan fingerprint density at radius 1 is 0.547 bits per heavy atom. The molecule has 0 saturated heterocycles. The van der Waals surface area contributed by atoms with Crippen LogP contribution in [0.15, 0.2) is 85.7 Å². The maximum absolute atomic E-state index is 13.7. The van der Waals surface area contributed by atoms with Crippen LogP contribution >= 0.6 is 0 Å². The molecule has 0 aliphatic carbocycles. The molecule has 14 nitrogen and oxygen atoms in total. The van der Waals surface area contributed by atoms with E-state index >= 15 is 0 Å². The minimum absolute atomic E-state index is 0.115. The van der Waals surface area contributed by atoms with E-state index in [0.717, 1.165) is 59.4 Å². The summed E-state index contributed by atoms with van der Waals surface area (Å²) in [4.78, 5) is 26.8. The van der Waals surface area contributed by atoms with Crippen molar-refractivity contribution in [2.45, 2.75) is 51.6 Å². The first kappa shape index (κ1) is 41.6. The summed E-state index contributed by atoms with van der Waals surface area (Å²) in [5.41, 5.74) is 6.15. The van der Waals surface area contributed by atoms with Crippen molar-refractivity contribution < 1.29 is 27.0 Å². The Bertz CT molecular complexity index is 2860. The van der Waals surface area contributed by atoms with Gasteiger partial charge in [-0.3, -0.25) is 0 Å². The molecule has 8 heterocycles. The van der Waals surface area contributed by atoms with Crippen molar-refractivity contribution >= 4 is 24.3 Å². The summed E-state index contributed by atoms with van der Waals surface area (Å²) in [5, 5.41) is 9.02. The number of aryl methyl sites for hydroxylation is 4. The number of aromatic nitrogens is 12. The number of fused-ring (bicyclic) bond motifs is 2. The second-order valence-corrected chi connectivity index (χ2v) is 15.2. The van der Waals surface area contributed by atoms with Crippen molar-refractivity contribution in [3.05, 3.63) is 166 Å². The minimum Gasteiger partial charge on any atom is -0.479 e. The zero-order valence-corrected chi connectivity index (χ0v) is 35.1. The second kappa shape index (κ2) is 17.5. The van der Waals surface area contributed by atoms with Gasteiger partial charge >= 0.3 is 0 Å². The third kappa shape index (κ3) is 8.53. The lowest BCUT2D eigenvalue weighted by molar-refractivity contribution is 0.395. The average Bonchev–Trinajstić information content (AvgIpc) is 4.17. The molecule has 2 aliphatic rings. The molecule has 324 valence electrons. The number of imidazole rings is 2. The first-order valence-electron chi connectivity index (χ1n) is 20.3. The number of hydrogen-bond acceptors (Lipinski definition) is 10. The molecule has 0 bridgehead atoms. The molecular weight excluding hydrogens is 829 g/mol. The van der Waals surface area contributed by atoms with Crippen molar-refractivity contribution in [1.29, 1.82) is 0 Å². The zero-order chi connectivity index (χ0) is 44.5. The number of nitrogens with zero attached hydrogens (tertiary/aromatic N) is 12. The topological polar surface area (TPSA) is 141 Å². The number of halogens is 4. The largest absolute Gasteiger partial charge is 0.479 e. The molecule has 2 atom stereocenters. The highest BCUT2D eigenvalue weighted by molar-refractivity contribution is 5.67. The van der Waals surface area contributed by atoms with E-state index in [2.05, 4.69) is 40.1 Å². The standard InChI is InChI=1S/2C23H20F2N6O/c2*1-14-12-30(13-26-14)20-7-4-16(27-23(20)32-2)5-8-21-28-22-17(9-10-31(22)29-21)15-3-6-18(24)19(25)11-15/h2*3-8,11-13,17H,9-10H2,1-2H3/b2*8-5+/t2*17-/m10/s1. The van der Waals surface area contributed by atoms with Crippen LogP contribution in [0, 0.1) is 37.1 Å². The Morgan fingerprint density at radius 3 is 1.36 bits per heavy atom. The molecule has 2 aliphatic heterocycles. The van der Waals surface area contributed by atoms with Gasteiger partial charge in [-0.05, 0) is 111 Å². The Labute approximate surface area is 364 Å². The normalized spacial score (nSPS) is 15.4. The molecule has 0 saturated carbocycles. The van der Waals surface area contributed by atoms with Gasteiger partial charge in [-0.1, -0.05) is 12.1 Å². The predicted molar refractivity (Wildman–Crippen MR) is 229 cm³/mol. The van der Waals surface area contributed by atoms with E-state index in [-0.39, 0.29) is 11.8 Å². The van der Waals surface area contributed by atoms with Gasteiger partial charge in [0.15, 0.2) is 34.9 Å². The van der Waals surface area contributed by atoms with Gasteiger partial charge in [0.25, 0.3) is 0 Å². The lowest BCUT2D eigenvalue weighted by atomic mass is 9.97. The van der Waals surface area contributed by atoms with E-state index in [1.54, 1.807) is 51.2 Å². The molecule has 10 rings (SSSR count). The fourth-order valence-corrected chi connectivity index (χ4v) is 7.78. The van der Waals surface area contributed by atoms with Crippen molar-refractivity contribution in [1.82, 2.24) is 58.6 Å². The molecule has 6 aromatic heterocycles. The lowest BCUT2D eigenvalue weighted by Crippen LogP contribution is -2.00. The van der Waals surface area contributed by atoms with Crippen molar-refractivity contribution in [2.24, 2.45) is 0 Å². The fourth-order valence-electron chi connectivity index (χ4n) is 7.78. The maximum Gasteiger partial charge on any atom is 0.238 e. The van der Waals surface area contributed by atoms with Crippen LogP contribution in [-0.4, -0.2) is 72.8 Å². The molecule has 0 fully saturated rings. The second-order valence-electron chi connectivity index (χ2n) is 15.2. The Balaban J connectivity index is 0.000000162. The van der Waals surface area contributed by atoms with E-state index in [9.17, 15) is 17.6 Å². The summed E-state index contributed by atoms with van der Waals surface area (Å²) in [5.74, 6) is -0.144. The first-order valence-corrected chi connectivity index (χ1v) is 20.3. The quantitative estimate of drug-likeness (QED) is 0.123. The summed E-state index contributed by atoms with van der Waals surface area (Å²) in [6.45, 7) is 5.18. The highest BCUT2D eigenvalue weighted by Crippen LogP contribution is 2.35. The van der Waals surface area contributed by atoms with Crippen LogP contribution in [0.1, 0.15) is 81.9 Å². The summed E-state index contributed by atoms with van der Waals surface area (Å²) in [6.07, 6.45) is 15.9. The molecule has 18 heteroatoms. The first-order chi connectivity index (χ1) is 31.0. The van der Waals surface area contributed by atoms with Gasteiger partial charge in [-0.2, -0.15) is 10.2 Å². The smallest absolute Gasteiger partial charge is 0.238 e. The van der Waals surface area contributed by atoms with Gasteiger partial charge in [0.1, 0.15) is 23.0 Å². The van der Waals surface area contributed by atoms with Gasteiger partial charge in [0.2, 0.25) is 11.8 Å².